The van der Waals surface area contributed by atoms with E-state index in [0.29, 0.717) is 11.1 Å². The van der Waals surface area contributed by atoms with Gasteiger partial charge in [-0.15, -0.1) is 0 Å². The summed E-state index contributed by atoms with van der Waals surface area (Å²) in [6, 6.07) is 44.4. The van der Waals surface area contributed by atoms with Crippen LogP contribution in [0.5, 0.6) is 5.75 Å². The molecule has 0 aliphatic heterocycles. The van der Waals surface area contributed by atoms with Crippen LogP contribution in [0.2, 0.25) is 0 Å². The second kappa shape index (κ2) is 14.2. The van der Waals surface area contributed by atoms with Crippen molar-refractivity contribution in [1.82, 2.24) is 0 Å². The van der Waals surface area contributed by atoms with Gasteiger partial charge in [0.2, 0.25) is 0 Å². The fourth-order valence-corrected chi connectivity index (χ4v) is 10.6. The van der Waals surface area contributed by atoms with Crippen molar-refractivity contribution in [2.45, 2.75) is 63.4 Å². The second-order valence-corrected chi connectivity index (χ2v) is 19.2. The van der Waals surface area contributed by atoms with E-state index in [1.165, 1.54) is 33.6 Å². The topological polar surface area (TPSA) is 77.4 Å². The Labute approximate surface area is 283 Å². The first-order chi connectivity index (χ1) is 21.5. The molecule has 5 aromatic rings. The van der Waals surface area contributed by atoms with Crippen molar-refractivity contribution in [1.29, 1.82) is 0 Å². The Kier molecular flexibility index (Phi) is 11.0. The maximum Gasteiger partial charge on any atom is 0.124 e. The molecule has 46 heavy (non-hydrogen) atoms. The van der Waals surface area contributed by atoms with Gasteiger partial charge in [-0.3, -0.25) is 0 Å². The van der Waals surface area contributed by atoms with Crippen LogP contribution in [0.1, 0.15) is 58.2 Å². The predicted octanol–water partition coefficient (Wildman–Crippen LogP) is 8.83. The van der Waals surface area contributed by atoms with E-state index >= 15 is 0 Å². The average molecular weight is 718 g/mol. The van der Waals surface area contributed by atoms with Gasteiger partial charge >= 0.3 is 0 Å². The minimum atomic E-state index is -4.55. The fraction of sp³-hybridized carbons (Fsp3) is 0.231. The van der Waals surface area contributed by atoms with Crippen LogP contribution in [0.25, 0.3) is 0 Å². The first kappa shape index (κ1) is 35.6. The summed E-state index contributed by atoms with van der Waals surface area (Å²) >= 11 is 3.57. The van der Waals surface area contributed by atoms with E-state index < -0.39 is 28.2 Å². The quantitative estimate of drug-likeness (QED) is 0.141. The highest BCUT2D eigenvalue weighted by atomic mass is 79.9. The van der Waals surface area contributed by atoms with E-state index in [0.717, 1.165) is 10.6 Å². The van der Waals surface area contributed by atoms with Crippen LogP contribution in [-0.2, 0) is 27.1 Å². The largest absolute Gasteiger partial charge is 0.744 e. The molecule has 240 valence electrons. The lowest BCUT2D eigenvalue weighted by Gasteiger charge is -2.28. The molecule has 5 aromatic carbocycles. The molecule has 0 atom stereocenters. The maximum atomic E-state index is 11.3. The van der Waals surface area contributed by atoms with E-state index in [4.69, 9.17) is 0 Å². The van der Waals surface area contributed by atoms with Gasteiger partial charge in [0.15, 0.2) is 0 Å². The average Bonchev–Trinajstić information content (AvgIpc) is 3.01. The molecule has 0 aliphatic carbocycles. The normalized spacial score (nSPS) is 12.3. The molecule has 0 radical (unpaired) electrons. The fourth-order valence-electron chi connectivity index (χ4n) is 5.53. The molecule has 5 rings (SSSR count). The molecular formula is C39H42BrO4PS. The van der Waals surface area contributed by atoms with Crippen molar-refractivity contribution >= 4 is 49.2 Å². The summed E-state index contributed by atoms with van der Waals surface area (Å²) in [5.41, 5.74) is 1.39. The summed E-state index contributed by atoms with van der Waals surface area (Å²) in [6.45, 7) is 11.1. The number of rotatable bonds is 6. The monoisotopic (exact) mass is 716 g/mol. The second-order valence-electron chi connectivity index (χ2n) is 13.4. The van der Waals surface area contributed by atoms with Gasteiger partial charge in [0, 0.05) is 15.6 Å². The number of phenols is 1. The molecular weight excluding hydrogens is 675 g/mol. The Morgan fingerprint density at radius 1 is 0.630 bits per heavy atom. The number of hydrogen-bond donors (Lipinski definition) is 1. The smallest absolute Gasteiger partial charge is 0.124 e. The van der Waals surface area contributed by atoms with Crippen molar-refractivity contribution in [3.8, 4) is 5.75 Å². The highest BCUT2D eigenvalue weighted by Crippen LogP contribution is 2.58. The van der Waals surface area contributed by atoms with E-state index in [-0.39, 0.29) is 10.6 Å². The van der Waals surface area contributed by atoms with E-state index in [1.807, 2.05) is 41.5 Å². The van der Waals surface area contributed by atoms with E-state index in [9.17, 15) is 18.1 Å². The third-order valence-electron chi connectivity index (χ3n) is 7.91. The van der Waals surface area contributed by atoms with E-state index in [2.05, 4.69) is 131 Å². The molecule has 0 unspecified atom stereocenters. The summed E-state index contributed by atoms with van der Waals surface area (Å²) in [5.74, 6) is 0.0624. The van der Waals surface area contributed by atoms with Crippen LogP contribution in [0.3, 0.4) is 0 Å². The van der Waals surface area contributed by atoms with Crippen molar-refractivity contribution in [2.75, 3.05) is 0 Å². The van der Waals surface area contributed by atoms with Crippen molar-refractivity contribution in [2.24, 2.45) is 0 Å². The Morgan fingerprint density at radius 3 is 1.28 bits per heavy atom. The molecule has 0 saturated heterocycles. The van der Waals surface area contributed by atoms with Crippen molar-refractivity contribution < 1.29 is 18.1 Å². The first-order valence-corrected chi connectivity index (χ1v) is 19.3. The number of benzene rings is 5. The highest BCUT2D eigenvalue weighted by molar-refractivity contribution is 9.10. The molecule has 0 heterocycles. The van der Waals surface area contributed by atoms with Gasteiger partial charge in [-0.25, -0.2) is 8.42 Å². The number of halogens is 1. The van der Waals surface area contributed by atoms with Crippen LogP contribution >= 0.6 is 23.2 Å². The van der Waals surface area contributed by atoms with Crippen LogP contribution in [0.15, 0.2) is 137 Å². The minimum absolute atomic E-state index is 0.0624. The summed E-state index contributed by atoms with van der Waals surface area (Å²) in [4.78, 5) is -0.292. The van der Waals surface area contributed by atoms with Gasteiger partial charge in [-0.2, -0.15) is 0 Å². The maximum absolute atomic E-state index is 11.3. The molecule has 0 fully saturated rings. The zero-order valence-electron chi connectivity index (χ0n) is 27.2. The molecule has 0 saturated carbocycles. The number of phenolic OH excluding ortho intramolecular Hbond substituents is 1. The standard InChI is InChI=1S/C25H21BrP.C14H22O4S/c26-22-18-16-21(17-19-22)20-27(23-10-4-1-5-11-23,24-12-6-2-7-13-24)25-14-8-3-9-15-25;1-13(2,3)10-7-9(19(16,17)18)8-11(12(10)15)14(4,5)6/h1-19H,20H2;7-8,15H,1-6H3,(H,16,17,18)/q+1;/p-1. The van der Waals surface area contributed by atoms with Crippen molar-refractivity contribution in [3.05, 3.63) is 149 Å². The van der Waals surface area contributed by atoms with Gasteiger partial charge in [0.1, 0.15) is 39.0 Å². The summed E-state index contributed by atoms with van der Waals surface area (Å²) in [7, 11) is -6.35. The van der Waals surface area contributed by atoms with Gasteiger partial charge in [-0.1, -0.05) is 124 Å². The van der Waals surface area contributed by atoms with Crippen LogP contribution in [0, 0.1) is 0 Å². The molecule has 0 spiro atoms. The predicted molar refractivity (Wildman–Crippen MR) is 196 cm³/mol. The molecule has 0 aromatic heterocycles. The Hall–Kier alpha value is -3.28. The molecule has 0 bridgehead atoms. The minimum Gasteiger partial charge on any atom is -0.744 e. The molecule has 1 N–H and O–H groups in total. The van der Waals surface area contributed by atoms with Gasteiger partial charge in [0.05, 0.1) is 11.1 Å². The number of hydrogen-bond acceptors (Lipinski definition) is 4. The van der Waals surface area contributed by atoms with Crippen molar-refractivity contribution in [3.63, 3.8) is 0 Å². The third kappa shape index (κ3) is 8.35. The SMILES string of the molecule is Brc1ccc(C[P+](c2ccccc2)(c2ccccc2)c2ccccc2)cc1.CC(C)(C)c1cc(S(=O)(=O)[O-])cc(C(C)(C)C)c1O. The summed E-state index contributed by atoms with van der Waals surface area (Å²) in [5, 5.41) is 14.6. The zero-order chi connectivity index (χ0) is 33.8. The van der Waals surface area contributed by atoms with Crippen LogP contribution < -0.4 is 15.9 Å². The first-order valence-electron chi connectivity index (χ1n) is 15.2. The molecule has 0 amide bonds. The highest BCUT2D eigenvalue weighted by Gasteiger charge is 2.45. The molecule has 7 heteroatoms. The number of aromatic hydroxyl groups is 1. The van der Waals surface area contributed by atoms with Gasteiger partial charge in [0.25, 0.3) is 0 Å². The van der Waals surface area contributed by atoms with Gasteiger partial charge < -0.3 is 9.66 Å². The summed E-state index contributed by atoms with van der Waals surface area (Å²) in [6.07, 6.45) is 1.01. The van der Waals surface area contributed by atoms with E-state index in [1.54, 1.807) is 0 Å². The molecule has 4 nitrogen and oxygen atoms in total. The molecule has 0 aliphatic rings. The Balaban J connectivity index is 0.000000224. The van der Waals surface area contributed by atoms with Gasteiger partial charge in [-0.05, 0) is 77.1 Å². The Morgan fingerprint density at radius 2 is 0.978 bits per heavy atom. The van der Waals surface area contributed by atoms with Crippen LogP contribution in [-0.4, -0.2) is 18.1 Å². The lowest BCUT2D eigenvalue weighted by molar-refractivity contribution is 0.420. The third-order valence-corrected chi connectivity index (χ3v) is 13.6. The Bertz CT molecular complexity index is 1710. The van der Waals surface area contributed by atoms with Crippen LogP contribution in [0.4, 0.5) is 0 Å². The lowest BCUT2D eigenvalue weighted by atomic mass is 9.79. The lowest BCUT2D eigenvalue weighted by Crippen LogP contribution is -2.32. The zero-order valence-corrected chi connectivity index (χ0v) is 30.5. The summed E-state index contributed by atoms with van der Waals surface area (Å²) < 4.78 is 34.9.